The van der Waals surface area contributed by atoms with Crippen molar-refractivity contribution >= 4 is 11.4 Å². The SMILES string of the molecule is Cc1cc(-c2nc(C(=O)Cc3cn4cc(C56CC(C(F)F)(C5)C6)nc4cc3OC(C)C)co2)ccn1. The van der Waals surface area contributed by atoms with Gasteiger partial charge in [-0.15, -0.1) is 0 Å². The van der Waals surface area contributed by atoms with Crippen LogP contribution in [0, 0.1) is 12.3 Å². The Bertz CT molecular complexity index is 1470. The highest BCUT2D eigenvalue weighted by Gasteiger charge is 2.73. The lowest BCUT2D eigenvalue weighted by Gasteiger charge is -2.69. The zero-order valence-electron chi connectivity index (χ0n) is 20.3. The molecule has 0 spiro atoms. The van der Waals surface area contributed by atoms with Crippen LogP contribution in [0.2, 0.25) is 0 Å². The highest BCUT2D eigenvalue weighted by molar-refractivity contribution is 5.96. The summed E-state index contributed by atoms with van der Waals surface area (Å²) in [4.78, 5) is 26.4. The summed E-state index contributed by atoms with van der Waals surface area (Å²) < 4.78 is 40.0. The van der Waals surface area contributed by atoms with Crippen molar-refractivity contribution in [1.82, 2.24) is 19.4 Å². The zero-order chi connectivity index (χ0) is 25.2. The first-order chi connectivity index (χ1) is 17.2. The molecule has 0 N–H and O–H groups in total. The molecule has 36 heavy (non-hydrogen) atoms. The quantitative estimate of drug-likeness (QED) is 0.298. The normalized spacial score (nSPS) is 22.6. The van der Waals surface area contributed by atoms with E-state index in [0.29, 0.717) is 42.1 Å². The number of halogens is 2. The largest absolute Gasteiger partial charge is 0.491 e. The number of imidazole rings is 1. The molecule has 0 amide bonds. The van der Waals surface area contributed by atoms with Gasteiger partial charge in [0.25, 0.3) is 0 Å². The van der Waals surface area contributed by atoms with E-state index >= 15 is 0 Å². The smallest absolute Gasteiger partial charge is 0.244 e. The second-order valence-corrected chi connectivity index (χ2v) is 10.5. The number of oxazole rings is 1. The summed E-state index contributed by atoms with van der Waals surface area (Å²) in [6.45, 7) is 5.70. The average molecular weight is 493 g/mol. The van der Waals surface area contributed by atoms with Gasteiger partial charge in [0.1, 0.15) is 23.4 Å². The fraction of sp³-hybridized carbons (Fsp3) is 0.407. The summed E-state index contributed by atoms with van der Waals surface area (Å²) in [6, 6.07) is 5.43. The summed E-state index contributed by atoms with van der Waals surface area (Å²) in [5.41, 5.74) is 2.93. The Labute approximate surface area is 206 Å². The molecule has 3 fully saturated rings. The van der Waals surface area contributed by atoms with Gasteiger partial charge in [-0.05, 0) is 52.2 Å². The van der Waals surface area contributed by atoms with Crippen LogP contribution in [0.1, 0.15) is 60.5 Å². The average Bonchev–Trinajstić information content (AvgIpc) is 3.39. The molecule has 7 nitrogen and oxygen atoms in total. The van der Waals surface area contributed by atoms with Gasteiger partial charge in [-0.3, -0.25) is 9.78 Å². The van der Waals surface area contributed by atoms with E-state index in [1.807, 2.05) is 49.7 Å². The van der Waals surface area contributed by atoms with E-state index < -0.39 is 11.8 Å². The van der Waals surface area contributed by atoms with Crippen molar-refractivity contribution in [2.75, 3.05) is 0 Å². The summed E-state index contributed by atoms with van der Waals surface area (Å²) in [7, 11) is 0. The maximum absolute atomic E-state index is 13.3. The van der Waals surface area contributed by atoms with E-state index in [2.05, 4.69) is 9.97 Å². The summed E-state index contributed by atoms with van der Waals surface area (Å²) in [5, 5.41) is 0. The lowest BCUT2D eigenvalue weighted by atomic mass is 9.34. The molecule has 4 aromatic rings. The second-order valence-electron chi connectivity index (χ2n) is 10.5. The van der Waals surface area contributed by atoms with Crippen molar-refractivity contribution in [3.05, 3.63) is 65.7 Å². The predicted octanol–water partition coefficient (Wildman–Crippen LogP) is 5.59. The van der Waals surface area contributed by atoms with E-state index in [9.17, 15) is 13.6 Å². The Balaban J connectivity index is 1.28. The molecule has 0 aliphatic heterocycles. The van der Waals surface area contributed by atoms with Crippen LogP contribution in [0.25, 0.3) is 17.1 Å². The molecular formula is C27H26F2N4O3. The number of aryl methyl sites for hydroxylation is 1. The van der Waals surface area contributed by atoms with Crippen LogP contribution >= 0.6 is 0 Å². The third-order valence-corrected chi connectivity index (χ3v) is 7.36. The summed E-state index contributed by atoms with van der Waals surface area (Å²) in [5.74, 6) is 0.720. The Kier molecular flexibility index (Phi) is 5.04. The third-order valence-electron chi connectivity index (χ3n) is 7.36. The molecular weight excluding hydrogens is 466 g/mol. The highest BCUT2D eigenvalue weighted by Crippen LogP contribution is 2.75. The van der Waals surface area contributed by atoms with Crippen LogP contribution in [-0.4, -0.2) is 37.7 Å². The second kappa shape index (κ2) is 7.94. The van der Waals surface area contributed by atoms with Crippen molar-refractivity contribution in [3.8, 4) is 17.2 Å². The number of rotatable bonds is 8. The standard InChI is InChI=1S/C27H26F2N4O3/c1-15(2)36-21-8-23-32-22(26-12-27(13-26,14-26)25(28)29)10-33(23)9-18(21)7-20(34)19-11-35-24(31-19)17-4-5-30-16(3)6-17/h4-6,8-11,15,25H,7,12-14H2,1-3H3. The maximum Gasteiger partial charge on any atom is 0.244 e. The molecule has 9 heteroatoms. The lowest BCUT2D eigenvalue weighted by Crippen LogP contribution is -2.67. The van der Waals surface area contributed by atoms with Gasteiger partial charge < -0.3 is 13.6 Å². The molecule has 3 saturated carbocycles. The summed E-state index contributed by atoms with van der Waals surface area (Å²) >= 11 is 0. The number of carbonyl (C=O) groups excluding carboxylic acids is 1. The van der Waals surface area contributed by atoms with E-state index in [1.165, 1.54) is 6.26 Å². The highest BCUT2D eigenvalue weighted by atomic mass is 19.3. The van der Waals surface area contributed by atoms with Crippen molar-refractivity contribution in [1.29, 1.82) is 0 Å². The van der Waals surface area contributed by atoms with Crippen LogP contribution in [0.4, 0.5) is 8.78 Å². The van der Waals surface area contributed by atoms with Crippen molar-refractivity contribution in [2.24, 2.45) is 5.41 Å². The minimum atomic E-state index is -2.28. The molecule has 0 radical (unpaired) electrons. The number of ketones is 1. The minimum Gasteiger partial charge on any atom is -0.491 e. The van der Waals surface area contributed by atoms with Crippen LogP contribution in [0.15, 0.2) is 47.5 Å². The number of pyridine rings is 2. The van der Waals surface area contributed by atoms with Crippen LogP contribution < -0.4 is 4.74 Å². The molecule has 0 atom stereocenters. The number of hydrogen-bond donors (Lipinski definition) is 0. The molecule has 186 valence electrons. The first-order valence-corrected chi connectivity index (χ1v) is 12.1. The molecule has 3 aliphatic carbocycles. The third kappa shape index (κ3) is 3.60. The first kappa shape index (κ1) is 22.8. The van der Waals surface area contributed by atoms with Gasteiger partial charge in [0.05, 0.1) is 11.8 Å². The van der Waals surface area contributed by atoms with E-state index in [4.69, 9.17) is 14.1 Å². The fourth-order valence-corrected chi connectivity index (χ4v) is 5.66. The number of ether oxygens (including phenoxy) is 1. The Morgan fingerprint density at radius 3 is 2.67 bits per heavy atom. The van der Waals surface area contributed by atoms with Crippen LogP contribution in [-0.2, 0) is 11.8 Å². The molecule has 2 bridgehead atoms. The van der Waals surface area contributed by atoms with E-state index in [0.717, 1.165) is 17.0 Å². The van der Waals surface area contributed by atoms with Gasteiger partial charge in [-0.25, -0.2) is 18.7 Å². The van der Waals surface area contributed by atoms with Crippen LogP contribution in [0.3, 0.4) is 0 Å². The van der Waals surface area contributed by atoms with E-state index in [1.54, 1.807) is 12.3 Å². The van der Waals surface area contributed by atoms with Gasteiger partial charge in [0, 0.05) is 58.7 Å². The maximum atomic E-state index is 13.3. The van der Waals surface area contributed by atoms with Gasteiger partial charge in [0.2, 0.25) is 12.3 Å². The molecule has 0 unspecified atom stereocenters. The van der Waals surface area contributed by atoms with Crippen molar-refractivity contribution in [2.45, 2.75) is 64.4 Å². The van der Waals surface area contributed by atoms with Gasteiger partial charge in [-0.2, -0.15) is 0 Å². The Hall–Kier alpha value is -3.62. The molecule has 0 aromatic carbocycles. The fourth-order valence-electron chi connectivity index (χ4n) is 5.66. The molecule has 7 rings (SSSR count). The number of alkyl halides is 2. The minimum absolute atomic E-state index is 0.0620. The number of fused-ring (bicyclic) bond motifs is 1. The Morgan fingerprint density at radius 1 is 1.19 bits per heavy atom. The molecule has 4 heterocycles. The number of carbonyl (C=O) groups is 1. The number of hydrogen-bond acceptors (Lipinski definition) is 6. The molecule has 0 saturated heterocycles. The number of Topliss-reactive ketones (excluding diaryl/α,β-unsaturated/α-hetero) is 1. The lowest BCUT2D eigenvalue weighted by molar-refractivity contribution is -0.223. The van der Waals surface area contributed by atoms with Crippen LogP contribution in [0.5, 0.6) is 5.75 Å². The summed E-state index contributed by atoms with van der Waals surface area (Å²) in [6.07, 6.45) is 5.89. The number of aromatic nitrogens is 4. The van der Waals surface area contributed by atoms with Crippen molar-refractivity contribution in [3.63, 3.8) is 0 Å². The molecule has 3 aliphatic rings. The predicted molar refractivity (Wildman–Crippen MR) is 127 cm³/mol. The van der Waals surface area contributed by atoms with E-state index in [-0.39, 0.29) is 29.4 Å². The van der Waals surface area contributed by atoms with Gasteiger partial charge in [0.15, 0.2) is 5.78 Å². The van der Waals surface area contributed by atoms with Gasteiger partial charge in [-0.1, -0.05) is 0 Å². The van der Waals surface area contributed by atoms with Crippen molar-refractivity contribution < 1.29 is 22.7 Å². The molecule has 4 aromatic heterocycles. The van der Waals surface area contributed by atoms with Gasteiger partial charge >= 0.3 is 0 Å². The first-order valence-electron chi connectivity index (χ1n) is 12.1. The Morgan fingerprint density at radius 2 is 1.97 bits per heavy atom. The monoisotopic (exact) mass is 492 g/mol. The number of nitrogens with zero attached hydrogens (tertiary/aromatic N) is 4. The zero-order valence-corrected chi connectivity index (χ0v) is 20.3. The topological polar surface area (TPSA) is 82.5 Å².